The van der Waals surface area contributed by atoms with Gasteiger partial charge >= 0.3 is 0 Å². The molecule has 142 valence electrons. The Labute approximate surface area is 159 Å². The smallest absolute Gasteiger partial charge is 0.272 e. The quantitative estimate of drug-likeness (QED) is 0.663. The Morgan fingerprint density at radius 2 is 1.50 bits per heavy atom. The molecule has 0 spiro atoms. The topological polar surface area (TPSA) is 67.4 Å². The molecule has 3 aromatic carbocycles. The van der Waals surface area contributed by atoms with E-state index in [1.807, 2.05) is 30.3 Å². The van der Waals surface area contributed by atoms with Crippen LogP contribution >= 0.6 is 0 Å². The van der Waals surface area contributed by atoms with Gasteiger partial charge in [-0.3, -0.25) is 20.4 Å². The van der Waals surface area contributed by atoms with Crippen molar-refractivity contribution >= 4 is 11.8 Å². The number of para-hydroxylation sites is 1. The Morgan fingerprint density at radius 3 is 2.18 bits per heavy atom. The highest BCUT2D eigenvalue weighted by Crippen LogP contribution is 2.12. The normalized spacial score (nSPS) is 10.2. The van der Waals surface area contributed by atoms with E-state index < -0.39 is 23.4 Å². The average Bonchev–Trinajstić information content (AvgIpc) is 2.71. The first-order valence-electron chi connectivity index (χ1n) is 8.35. The zero-order valence-electron chi connectivity index (χ0n) is 14.6. The number of hydrogen-bond donors (Lipinski definition) is 2. The lowest BCUT2D eigenvalue weighted by atomic mass is 10.1. The lowest BCUT2D eigenvalue weighted by Crippen LogP contribution is -2.41. The number of halogens is 2. The van der Waals surface area contributed by atoms with Gasteiger partial charge in [-0.25, -0.2) is 8.78 Å². The molecule has 0 aliphatic rings. The fourth-order valence-electron chi connectivity index (χ4n) is 2.36. The van der Waals surface area contributed by atoms with Crippen LogP contribution in [0.2, 0.25) is 0 Å². The van der Waals surface area contributed by atoms with E-state index in [0.29, 0.717) is 18.2 Å². The third-order valence-corrected chi connectivity index (χ3v) is 3.83. The van der Waals surface area contributed by atoms with E-state index in [4.69, 9.17) is 4.74 Å². The maximum atomic E-state index is 13.6. The maximum Gasteiger partial charge on any atom is 0.272 e. The van der Waals surface area contributed by atoms with Crippen molar-refractivity contribution in [3.63, 3.8) is 0 Å². The molecule has 0 aromatic heterocycles. The van der Waals surface area contributed by atoms with Gasteiger partial charge in [0.2, 0.25) is 0 Å². The Bertz CT molecular complexity index is 977. The minimum absolute atomic E-state index is 0.295. The van der Waals surface area contributed by atoms with Crippen LogP contribution in [0.5, 0.6) is 5.75 Å². The van der Waals surface area contributed by atoms with Gasteiger partial charge in [-0.1, -0.05) is 30.3 Å². The van der Waals surface area contributed by atoms with Crippen LogP contribution in [0.1, 0.15) is 26.3 Å². The summed E-state index contributed by atoms with van der Waals surface area (Å²) in [6.07, 6.45) is 0. The first-order chi connectivity index (χ1) is 13.5. The Balaban J connectivity index is 1.53. The minimum atomic E-state index is -1.02. The van der Waals surface area contributed by atoms with Crippen molar-refractivity contribution in [2.75, 3.05) is 0 Å². The molecule has 7 heteroatoms. The Hall–Kier alpha value is -3.74. The van der Waals surface area contributed by atoms with Gasteiger partial charge in [0.1, 0.15) is 24.0 Å². The molecule has 0 heterocycles. The van der Waals surface area contributed by atoms with E-state index >= 15 is 0 Å². The molecule has 0 saturated carbocycles. The molecular weight excluding hydrogens is 366 g/mol. The molecule has 0 saturated heterocycles. The van der Waals surface area contributed by atoms with Crippen molar-refractivity contribution < 1.29 is 23.1 Å². The summed E-state index contributed by atoms with van der Waals surface area (Å²) < 4.78 is 32.1. The monoisotopic (exact) mass is 382 g/mol. The number of ether oxygens (including phenoxy) is 1. The van der Waals surface area contributed by atoms with Gasteiger partial charge in [-0.2, -0.15) is 0 Å². The van der Waals surface area contributed by atoms with Crippen LogP contribution in [0.25, 0.3) is 0 Å². The van der Waals surface area contributed by atoms with E-state index in [9.17, 15) is 18.4 Å². The van der Waals surface area contributed by atoms with Crippen molar-refractivity contribution in [1.82, 2.24) is 10.9 Å². The highest BCUT2D eigenvalue weighted by Gasteiger charge is 2.14. The van der Waals surface area contributed by atoms with E-state index in [0.717, 1.165) is 23.4 Å². The number of nitrogens with one attached hydrogen (secondary N) is 2. The number of hydrazine groups is 1. The highest BCUT2D eigenvalue weighted by molar-refractivity contribution is 5.99. The predicted molar refractivity (Wildman–Crippen MR) is 98.5 cm³/mol. The molecule has 0 atom stereocenters. The van der Waals surface area contributed by atoms with Gasteiger partial charge in [-0.05, 0) is 42.0 Å². The highest BCUT2D eigenvalue weighted by atomic mass is 19.1. The molecular formula is C21H16F2N2O3. The Kier molecular flexibility index (Phi) is 5.96. The zero-order chi connectivity index (χ0) is 19.9. The second kappa shape index (κ2) is 8.77. The van der Waals surface area contributed by atoms with Gasteiger partial charge in [-0.15, -0.1) is 0 Å². The van der Waals surface area contributed by atoms with Gasteiger partial charge in [0.05, 0.1) is 5.56 Å². The van der Waals surface area contributed by atoms with Crippen molar-refractivity contribution in [3.8, 4) is 5.75 Å². The van der Waals surface area contributed by atoms with Crippen molar-refractivity contribution in [1.29, 1.82) is 0 Å². The first kappa shape index (κ1) is 19.0. The largest absolute Gasteiger partial charge is 0.489 e. The van der Waals surface area contributed by atoms with Crippen LogP contribution < -0.4 is 15.6 Å². The molecule has 3 rings (SSSR count). The fourth-order valence-corrected chi connectivity index (χ4v) is 2.36. The summed E-state index contributed by atoms with van der Waals surface area (Å²) in [7, 11) is 0. The summed E-state index contributed by atoms with van der Waals surface area (Å²) in [5.74, 6) is -2.55. The van der Waals surface area contributed by atoms with Gasteiger partial charge in [0.15, 0.2) is 0 Å². The van der Waals surface area contributed by atoms with Gasteiger partial charge < -0.3 is 4.74 Å². The number of hydrogen-bond acceptors (Lipinski definition) is 3. The summed E-state index contributed by atoms with van der Waals surface area (Å²) >= 11 is 0. The average molecular weight is 382 g/mol. The van der Waals surface area contributed by atoms with Crippen LogP contribution in [0.4, 0.5) is 8.78 Å². The second-order valence-corrected chi connectivity index (χ2v) is 5.83. The van der Waals surface area contributed by atoms with E-state index in [-0.39, 0.29) is 5.56 Å². The fraction of sp³-hybridized carbons (Fsp3) is 0.0476. The molecule has 3 aromatic rings. The lowest BCUT2D eigenvalue weighted by molar-refractivity contribution is 0.0844. The molecule has 0 aliphatic heterocycles. The SMILES string of the molecule is O=C(NNC(=O)c1ccc(F)cc1F)c1ccc(COc2ccccc2)cc1. The van der Waals surface area contributed by atoms with Crippen LogP contribution in [-0.2, 0) is 6.61 Å². The molecule has 0 bridgehead atoms. The maximum absolute atomic E-state index is 13.6. The van der Waals surface area contributed by atoms with Crippen LogP contribution in [0.3, 0.4) is 0 Å². The van der Waals surface area contributed by atoms with Crippen molar-refractivity contribution in [2.45, 2.75) is 6.61 Å². The van der Waals surface area contributed by atoms with Gasteiger partial charge in [0, 0.05) is 11.6 Å². The van der Waals surface area contributed by atoms with Crippen LogP contribution in [0.15, 0.2) is 72.8 Å². The number of benzene rings is 3. The van der Waals surface area contributed by atoms with Crippen LogP contribution in [-0.4, -0.2) is 11.8 Å². The summed E-state index contributed by atoms with van der Waals surface area (Å²) in [4.78, 5) is 24.0. The summed E-state index contributed by atoms with van der Waals surface area (Å²) in [5.41, 5.74) is 5.05. The molecule has 0 radical (unpaired) electrons. The third-order valence-electron chi connectivity index (χ3n) is 3.83. The zero-order valence-corrected chi connectivity index (χ0v) is 14.6. The van der Waals surface area contributed by atoms with E-state index in [2.05, 4.69) is 10.9 Å². The predicted octanol–water partition coefficient (Wildman–Crippen LogP) is 3.62. The van der Waals surface area contributed by atoms with Crippen molar-refractivity contribution in [3.05, 3.63) is 101 Å². The number of amides is 2. The summed E-state index contributed by atoms with van der Waals surface area (Å²) in [6, 6.07) is 18.4. The second-order valence-electron chi connectivity index (χ2n) is 5.83. The molecule has 5 nitrogen and oxygen atoms in total. The Morgan fingerprint density at radius 1 is 0.821 bits per heavy atom. The molecule has 2 amide bonds. The standard InChI is InChI=1S/C21H16F2N2O3/c22-16-10-11-18(19(23)12-16)21(27)25-24-20(26)15-8-6-14(7-9-15)13-28-17-4-2-1-3-5-17/h1-12H,13H2,(H,24,26)(H,25,27). The summed E-state index contributed by atoms with van der Waals surface area (Å²) in [5, 5.41) is 0. The first-order valence-corrected chi connectivity index (χ1v) is 8.35. The number of rotatable bonds is 5. The molecule has 0 unspecified atom stereocenters. The molecule has 0 fully saturated rings. The molecule has 2 N–H and O–H groups in total. The van der Waals surface area contributed by atoms with E-state index in [1.54, 1.807) is 24.3 Å². The molecule has 0 aliphatic carbocycles. The van der Waals surface area contributed by atoms with Crippen LogP contribution in [0, 0.1) is 11.6 Å². The lowest BCUT2D eigenvalue weighted by Gasteiger charge is -2.09. The molecule has 28 heavy (non-hydrogen) atoms. The summed E-state index contributed by atoms with van der Waals surface area (Å²) in [6.45, 7) is 0.340. The van der Waals surface area contributed by atoms with Gasteiger partial charge in [0.25, 0.3) is 11.8 Å². The third kappa shape index (κ3) is 4.91. The minimum Gasteiger partial charge on any atom is -0.489 e. The van der Waals surface area contributed by atoms with Crippen molar-refractivity contribution in [2.24, 2.45) is 0 Å². The number of carbonyl (C=O) groups is 2. The number of carbonyl (C=O) groups excluding carboxylic acids is 2. The van der Waals surface area contributed by atoms with E-state index in [1.165, 1.54) is 0 Å².